The minimum Gasteiger partial charge on any atom is -0.444 e. The highest BCUT2D eigenvalue weighted by molar-refractivity contribution is 5.77. The lowest BCUT2D eigenvalue weighted by Crippen LogP contribution is -2.43. The summed E-state index contributed by atoms with van der Waals surface area (Å²) in [5.41, 5.74) is -0.491. The third kappa shape index (κ3) is 6.67. The Kier molecular flexibility index (Phi) is 6.69. The van der Waals surface area contributed by atoms with Gasteiger partial charge in [-0.15, -0.1) is 0 Å². The van der Waals surface area contributed by atoms with Gasteiger partial charge in [-0.3, -0.25) is 4.79 Å². The summed E-state index contributed by atoms with van der Waals surface area (Å²) in [5, 5.41) is 2.70. The minimum atomic E-state index is -0.491. The summed E-state index contributed by atoms with van der Waals surface area (Å²) in [6, 6.07) is 0.711. The number of hydrogen-bond donors (Lipinski definition) is 1. The fraction of sp³-hybridized carbons (Fsp3) is 0.882. The van der Waals surface area contributed by atoms with Gasteiger partial charge in [-0.05, 0) is 52.9 Å². The molecule has 0 saturated heterocycles. The number of nitrogens with one attached hydrogen (secondary N) is 1. The second-order valence-corrected chi connectivity index (χ2v) is 7.55. The Morgan fingerprint density at radius 3 is 2.27 bits per heavy atom. The zero-order valence-corrected chi connectivity index (χ0v) is 14.9. The molecule has 1 atom stereocenters. The van der Waals surface area contributed by atoms with Crippen molar-refractivity contribution in [3.63, 3.8) is 0 Å². The highest BCUT2D eigenvalue weighted by atomic mass is 16.6. The van der Waals surface area contributed by atoms with Crippen LogP contribution in [-0.2, 0) is 9.53 Å². The molecule has 0 heterocycles. The summed E-state index contributed by atoms with van der Waals surface area (Å²) < 4.78 is 5.16. The van der Waals surface area contributed by atoms with Crippen molar-refractivity contribution < 1.29 is 14.3 Å². The van der Waals surface area contributed by atoms with Crippen LogP contribution < -0.4 is 5.32 Å². The van der Waals surface area contributed by atoms with Gasteiger partial charge in [-0.25, -0.2) is 4.79 Å². The molecule has 1 aliphatic carbocycles. The fourth-order valence-electron chi connectivity index (χ4n) is 2.31. The molecule has 1 fully saturated rings. The number of alkyl carbamates (subject to hydrolysis) is 1. The smallest absolute Gasteiger partial charge is 0.407 e. The van der Waals surface area contributed by atoms with Gasteiger partial charge >= 0.3 is 6.09 Å². The van der Waals surface area contributed by atoms with Crippen molar-refractivity contribution in [2.24, 2.45) is 5.92 Å². The fourth-order valence-corrected chi connectivity index (χ4v) is 2.31. The van der Waals surface area contributed by atoms with Crippen LogP contribution in [0.4, 0.5) is 4.79 Å². The quantitative estimate of drug-likeness (QED) is 0.734. The maximum absolute atomic E-state index is 12.4. The number of carbonyl (C=O) groups is 2. The monoisotopic (exact) mass is 312 g/mol. The average Bonchev–Trinajstić information content (AvgIpc) is 3.17. The van der Waals surface area contributed by atoms with Crippen LogP contribution in [0.1, 0.15) is 67.2 Å². The van der Waals surface area contributed by atoms with E-state index in [-0.39, 0.29) is 11.9 Å². The third-order valence-electron chi connectivity index (χ3n) is 3.87. The van der Waals surface area contributed by atoms with Gasteiger partial charge in [0.15, 0.2) is 0 Å². The normalized spacial score (nSPS) is 16.3. The summed E-state index contributed by atoms with van der Waals surface area (Å²) in [5.74, 6) is 0.666. The lowest BCUT2D eigenvalue weighted by molar-refractivity contribution is -0.134. The Morgan fingerprint density at radius 1 is 1.23 bits per heavy atom. The molecule has 2 amide bonds. The van der Waals surface area contributed by atoms with Gasteiger partial charge in [0.25, 0.3) is 0 Å². The summed E-state index contributed by atoms with van der Waals surface area (Å²) in [4.78, 5) is 26.0. The number of nitrogens with zero attached hydrogens (tertiary/aromatic N) is 1. The van der Waals surface area contributed by atoms with E-state index in [0.29, 0.717) is 31.3 Å². The summed E-state index contributed by atoms with van der Waals surface area (Å²) in [6.45, 7) is 12.4. The van der Waals surface area contributed by atoms with Crippen molar-refractivity contribution in [3.8, 4) is 0 Å². The van der Waals surface area contributed by atoms with E-state index in [1.807, 2.05) is 20.8 Å². The van der Waals surface area contributed by atoms with E-state index in [1.165, 1.54) is 0 Å². The maximum atomic E-state index is 12.4. The average molecular weight is 312 g/mol. The van der Waals surface area contributed by atoms with E-state index >= 15 is 0 Å². The van der Waals surface area contributed by atoms with Crippen LogP contribution in [0.25, 0.3) is 0 Å². The predicted molar refractivity (Wildman–Crippen MR) is 87.6 cm³/mol. The zero-order chi connectivity index (χ0) is 16.9. The third-order valence-corrected chi connectivity index (χ3v) is 3.87. The second-order valence-electron chi connectivity index (χ2n) is 7.55. The first-order chi connectivity index (χ1) is 10.1. The minimum absolute atomic E-state index is 0.203. The van der Waals surface area contributed by atoms with Crippen LogP contribution >= 0.6 is 0 Å². The standard InChI is InChI=1S/C17H32N2O3/c1-12(2)13(3)19(14-9-10-14)15(20)8-7-11-18-16(21)22-17(4,5)6/h12-14H,7-11H2,1-6H3,(H,18,21). The second kappa shape index (κ2) is 7.84. The number of carbonyl (C=O) groups excluding carboxylic acids is 2. The molecule has 5 heteroatoms. The Bertz CT molecular complexity index is 384. The molecule has 22 heavy (non-hydrogen) atoms. The van der Waals surface area contributed by atoms with Crippen molar-refractivity contribution in [1.29, 1.82) is 0 Å². The molecule has 0 spiro atoms. The first-order valence-electron chi connectivity index (χ1n) is 8.40. The van der Waals surface area contributed by atoms with Crippen molar-refractivity contribution in [2.45, 2.75) is 84.9 Å². The van der Waals surface area contributed by atoms with Crippen LogP contribution in [-0.4, -0.2) is 41.1 Å². The summed E-state index contributed by atoms with van der Waals surface area (Å²) >= 11 is 0. The van der Waals surface area contributed by atoms with E-state index in [1.54, 1.807) is 0 Å². The van der Waals surface area contributed by atoms with Crippen molar-refractivity contribution >= 4 is 12.0 Å². The Balaban J connectivity index is 2.31. The van der Waals surface area contributed by atoms with E-state index in [2.05, 4.69) is 31.0 Å². The molecule has 5 nitrogen and oxygen atoms in total. The van der Waals surface area contributed by atoms with Crippen molar-refractivity contribution in [2.75, 3.05) is 6.54 Å². The highest BCUT2D eigenvalue weighted by Crippen LogP contribution is 2.31. The van der Waals surface area contributed by atoms with Gasteiger partial charge in [0.2, 0.25) is 5.91 Å². The molecule has 1 saturated carbocycles. The van der Waals surface area contributed by atoms with Crippen molar-refractivity contribution in [3.05, 3.63) is 0 Å². The van der Waals surface area contributed by atoms with Crippen LogP contribution in [0.15, 0.2) is 0 Å². The molecule has 1 unspecified atom stereocenters. The molecular formula is C17H32N2O3. The van der Waals surface area contributed by atoms with Crippen LogP contribution in [0.5, 0.6) is 0 Å². The number of rotatable bonds is 7. The van der Waals surface area contributed by atoms with Crippen LogP contribution in [0.3, 0.4) is 0 Å². The Hall–Kier alpha value is -1.26. The van der Waals surface area contributed by atoms with Gasteiger partial charge in [0.1, 0.15) is 5.60 Å². The van der Waals surface area contributed by atoms with E-state index in [4.69, 9.17) is 4.74 Å². The SMILES string of the molecule is CC(C)C(C)N(C(=O)CCCNC(=O)OC(C)(C)C)C1CC1. The Labute approximate surface area is 134 Å². The first kappa shape index (κ1) is 18.8. The molecule has 1 aliphatic rings. The number of ether oxygens (including phenoxy) is 1. The van der Waals surface area contributed by atoms with Crippen molar-refractivity contribution in [1.82, 2.24) is 10.2 Å². The largest absolute Gasteiger partial charge is 0.444 e. The maximum Gasteiger partial charge on any atom is 0.407 e. The molecule has 0 aromatic rings. The molecule has 0 aromatic carbocycles. The highest BCUT2D eigenvalue weighted by Gasteiger charge is 2.36. The lowest BCUT2D eigenvalue weighted by Gasteiger charge is -2.32. The predicted octanol–water partition coefficient (Wildman–Crippen LogP) is 3.33. The molecule has 128 valence electrons. The van der Waals surface area contributed by atoms with Gasteiger partial charge in [0, 0.05) is 25.0 Å². The molecule has 0 aromatic heterocycles. The van der Waals surface area contributed by atoms with Crippen LogP contribution in [0, 0.1) is 5.92 Å². The van der Waals surface area contributed by atoms with Gasteiger partial charge < -0.3 is 15.0 Å². The van der Waals surface area contributed by atoms with Gasteiger partial charge in [-0.1, -0.05) is 13.8 Å². The molecule has 0 bridgehead atoms. The van der Waals surface area contributed by atoms with E-state index in [9.17, 15) is 9.59 Å². The topological polar surface area (TPSA) is 58.6 Å². The number of amides is 2. The van der Waals surface area contributed by atoms with E-state index in [0.717, 1.165) is 12.8 Å². The van der Waals surface area contributed by atoms with Gasteiger partial charge in [-0.2, -0.15) is 0 Å². The lowest BCUT2D eigenvalue weighted by atomic mass is 10.0. The van der Waals surface area contributed by atoms with Crippen LogP contribution in [0.2, 0.25) is 0 Å². The molecule has 1 rings (SSSR count). The first-order valence-corrected chi connectivity index (χ1v) is 8.40. The Morgan fingerprint density at radius 2 is 1.82 bits per heavy atom. The molecule has 1 N–H and O–H groups in total. The molecule has 0 radical (unpaired) electrons. The van der Waals surface area contributed by atoms with Gasteiger partial charge in [0.05, 0.1) is 0 Å². The zero-order valence-electron chi connectivity index (χ0n) is 14.9. The summed E-state index contributed by atoms with van der Waals surface area (Å²) in [6.07, 6.45) is 2.95. The number of hydrogen-bond acceptors (Lipinski definition) is 3. The molecule has 0 aliphatic heterocycles. The summed E-state index contributed by atoms with van der Waals surface area (Å²) in [7, 11) is 0. The van der Waals surface area contributed by atoms with E-state index < -0.39 is 11.7 Å². The molecular weight excluding hydrogens is 280 g/mol.